The van der Waals surface area contributed by atoms with Gasteiger partial charge in [-0.2, -0.15) is 0 Å². The summed E-state index contributed by atoms with van der Waals surface area (Å²) in [5.41, 5.74) is 2.41. The van der Waals surface area contributed by atoms with Crippen molar-refractivity contribution in [1.29, 1.82) is 0 Å². The van der Waals surface area contributed by atoms with E-state index in [1.54, 1.807) is 37.8 Å². The number of thiazole rings is 1. The van der Waals surface area contributed by atoms with Crippen LogP contribution in [0.5, 0.6) is 0 Å². The Hall–Kier alpha value is -3.48. The Morgan fingerprint density at radius 3 is 2.73 bits per heavy atom. The molecular formula is C27H28ClFN4O6S. The molecule has 10 nitrogen and oxygen atoms in total. The van der Waals surface area contributed by atoms with Gasteiger partial charge in [-0.3, -0.25) is 10.1 Å². The molecule has 0 radical (unpaired) electrons. The number of carboxylic acid groups (broad SMARTS) is 1. The lowest BCUT2D eigenvalue weighted by Gasteiger charge is -2.41. The molecule has 1 aromatic heterocycles. The van der Waals surface area contributed by atoms with Gasteiger partial charge in [0.25, 0.3) is 5.91 Å². The number of benzene rings is 2. The first kappa shape index (κ1) is 28.1. The summed E-state index contributed by atoms with van der Waals surface area (Å²) in [6.45, 7) is 7.92. The summed E-state index contributed by atoms with van der Waals surface area (Å²) in [7, 11) is 0. The lowest BCUT2D eigenvalue weighted by atomic mass is 9.91. The average Bonchev–Trinajstić information content (AvgIpc) is 3.28. The van der Waals surface area contributed by atoms with Gasteiger partial charge in [-0.25, -0.2) is 19.0 Å². The van der Waals surface area contributed by atoms with E-state index in [2.05, 4.69) is 10.3 Å². The molecule has 13 heteroatoms. The van der Waals surface area contributed by atoms with Crippen molar-refractivity contribution in [1.82, 2.24) is 14.8 Å². The molecule has 5 rings (SSSR count). The van der Waals surface area contributed by atoms with Crippen LogP contribution in [0.15, 0.2) is 18.2 Å². The first-order valence-corrected chi connectivity index (χ1v) is 13.8. The molecule has 3 amide bonds. The number of ether oxygens (including phenoxy) is 2. The van der Waals surface area contributed by atoms with Crippen molar-refractivity contribution in [3.63, 3.8) is 0 Å². The van der Waals surface area contributed by atoms with E-state index in [1.165, 1.54) is 11.0 Å². The fraction of sp³-hybridized carbons (Fsp3) is 0.407. The number of carbonyl (C=O) groups excluding carboxylic acids is 2. The van der Waals surface area contributed by atoms with Crippen molar-refractivity contribution in [3.8, 4) is 11.1 Å². The molecule has 2 N–H and O–H groups in total. The quantitative estimate of drug-likeness (QED) is 0.390. The molecule has 212 valence electrons. The van der Waals surface area contributed by atoms with Crippen LogP contribution in [0.25, 0.3) is 21.3 Å². The topological polar surface area (TPSA) is 121 Å². The normalized spacial score (nSPS) is 17.6. The molecule has 3 heterocycles. The van der Waals surface area contributed by atoms with E-state index in [9.17, 15) is 23.9 Å². The Labute approximate surface area is 238 Å². The van der Waals surface area contributed by atoms with Gasteiger partial charge in [-0.15, -0.1) is 0 Å². The number of halogens is 2. The first-order valence-electron chi connectivity index (χ1n) is 12.6. The Morgan fingerprint density at radius 2 is 2.02 bits per heavy atom. The number of hydrogen-bond donors (Lipinski definition) is 2. The Morgan fingerprint density at radius 1 is 1.27 bits per heavy atom. The Kier molecular flexibility index (Phi) is 7.36. The van der Waals surface area contributed by atoms with Crippen LogP contribution in [-0.4, -0.2) is 75.9 Å². The zero-order valence-electron chi connectivity index (χ0n) is 22.3. The summed E-state index contributed by atoms with van der Waals surface area (Å²) >= 11 is 7.78. The second kappa shape index (κ2) is 10.5. The lowest BCUT2D eigenvalue weighted by molar-refractivity contribution is 0.00400. The smallest absolute Gasteiger partial charge is 0.413 e. The molecule has 1 saturated heterocycles. The average molecular weight is 591 g/mol. The van der Waals surface area contributed by atoms with E-state index in [4.69, 9.17) is 21.1 Å². The van der Waals surface area contributed by atoms with Gasteiger partial charge >= 0.3 is 12.2 Å². The van der Waals surface area contributed by atoms with E-state index in [0.717, 1.165) is 11.3 Å². The SMILES string of the molecule is Cc1c2c(cc(Cl)c1-c1ccc(F)c3sc(NC(=O)OC(C)(C)C)nc13)C(=O)N1CCN(C(=O)O)C[C@@H]1COC2. The highest BCUT2D eigenvalue weighted by molar-refractivity contribution is 7.22. The minimum Gasteiger partial charge on any atom is -0.465 e. The van der Waals surface area contributed by atoms with Crippen LogP contribution in [0.4, 0.5) is 19.1 Å². The molecule has 0 spiro atoms. The van der Waals surface area contributed by atoms with Crippen molar-refractivity contribution in [3.05, 3.63) is 45.7 Å². The predicted molar refractivity (Wildman–Crippen MR) is 149 cm³/mol. The first-order chi connectivity index (χ1) is 18.8. The maximum Gasteiger partial charge on any atom is 0.413 e. The van der Waals surface area contributed by atoms with Crippen LogP contribution in [0.1, 0.15) is 42.3 Å². The number of anilines is 1. The van der Waals surface area contributed by atoms with Gasteiger partial charge in [-0.1, -0.05) is 22.9 Å². The molecule has 0 aliphatic carbocycles. The van der Waals surface area contributed by atoms with Gasteiger partial charge in [0.05, 0.1) is 29.5 Å². The summed E-state index contributed by atoms with van der Waals surface area (Å²) in [5, 5.41) is 12.4. The fourth-order valence-electron chi connectivity index (χ4n) is 5.04. The van der Waals surface area contributed by atoms with E-state index in [1.807, 2.05) is 6.92 Å². The summed E-state index contributed by atoms with van der Waals surface area (Å²) < 4.78 is 26.3. The highest BCUT2D eigenvalue weighted by Crippen LogP contribution is 2.42. The van der Waals surface area contributed by atoms with Gasteiger partial charge in [0, 0.05) is 41.3 Å². The van der Waals surface area contributed by atoms with Gasteiger partial charge in [-0.05, 0) is 57.0 Å². The predicted octanol–water partition coefficient (Wildman–Crippen LogP) is 5.75. The number of nitrogens with one attached hydrogen (secondary N) is 1. The third-order valence-corrected chi connectivity index (χ3v) is 8.11. The Balaban J connectivity index is 1.54. The molecular weight excluding hydrogens is 563 g/mol. The van der Waals surface area contributed by atoms with Gasteiger partial charge in [0.2, 0.25) is 0 Å². The van der Waals surface area contributed by atoms with Gasteiger partial charge < -0.3 is 24.4 Å². The second-order valence-corrected chi connectivity index (χ2v) is 12.1. The highest BCUT2D eigenvalue weighted by atomic mass is 35.5. The van der Waals surface area contributed by atoms with E-state index < -0.39 is 29.6 Å². The molecule has 2 aromatic carbocycles. The number of rotatable bonds is 2. The molecule has 3 aromatic rings. The minimum absolute atomic E-state index is 0.112. The summed E-state index contributed by atoms with van der Waals surface area (Å²) in [4.78, 5) is 44.8. The van der Waals surface area contributed by atoms with Crippen molar-refractivity contribution in [2.45, 2.75) is 45.9 Å². The number of piperazine rings is 1. The van der Waals surface area contributed by atoms with Crippen molar-refractivity contribution in [2.75, 3.05) is 31.6 Å². The molecule has 2 aliphatic rings. The van der Waals surface area contributed by atoms with Crippen LogP contribution in [0.3, 0.4) is 0 Å². The number of amides is 3. The molecule has 1 atom stereocenters. The molecule has 0 bridgehead atoms. The van der Waals surface area contributed by atoms with Gasteiger partial charge in [0.1, 0.15) is 11.4 Å². The van der Waals surface area contributed by atoms with Crippen LogP contribution < -0.4 is 5.32 Å². The summed E-state index contributed by atoms with van der Waals surface area (Å²) in [5.74, 6) is -0.745. The third kappa shape index (κ3) is 5.30. The van der Waals surface area contributed by atoms with Crippen LogP contribution in [0.2, 0.25) is 5.02 Å². The van der Waals surface area contributed by atoms with Gasteiger partial charge in [0.15, 0.2) is 5.13 Å². The number of carbonyl (C=O) groups is 3. The summed E-state index contributed by atoms with van der Waals surface area (Å²) in [6.07, 6.45) is -1.74. The zero-order valence-corrected chi connectivity index (χ0v) is 23.9. The minimum atomic E-state index is -1.03. The van der Waals surface area contributed by atoms with Crippen LogP contribution >= 0.6 is 22.9 Å². The van der Waals surface area contributed by atoms with Crippen LogP contribution in [0, 0.1) is 12.7 Å². The standard InChI is InChI=1S/C27H28ClFN4O6S/c1-13-17-12-38-11-14-10-32(26(36)37)7-8-33(14)23(34)16(17)9-18(28)20(13)15-5-6-19(29)22-21(15)30-24(40-22)31-25(35)39-27(2,3)4/h5-6,9,14H,7-8,10-12H2,1-4H3,(H,36,37)(H,30,31,35)/t14-/m1/s1. The molecule has 2 aliphatic heterocycles. The fourth-order valence-corrected chi connectivity index (χ4v) is 6.27. The van der Waals surface area contributed by atoms with Crippen molar-refractivity contribution < 1.29 is 33.4 Å². The molecule has 1 fully saturated rings. The second-order valence-electron chi connectivity index (χ2n) is 10.7. The van der Waals surface area contributed by atoms with E-state index >= 15 is 0 Å². The van der Waals surface area contributed by atoms with Crippen LogP contribution in [-0.2, 0) is 16.1 Å². The molecule has 0 unspecified atom stereocenters. The lowest BCUT2D eigenvalue weighted by Crippen LogP contribution is -2.58. The molecule has 40 heavy (non-hydrogen) atoms. The number of fused-ring (bicyclic) bond motifs is 3. The van der Waals surface area contributed by atoms with Crippen molar-refractivity contribution in [2.24, 2.45) is 0 Å². The Bertz CT molecular complexity index is 1540. The van der Waals surface area contributed by atoms with E-state index in [-0.39, 0.29) is 53.6 Å². The third-order valence-electron chi connectivity index (χ3n) is 6.84. The summed E-state index contributed by atoms with van der Waals surface area (Å²) in [6, 6.07) is 4.06. The largest absolute Gasteiger partial charge is 0.465 e. The number of nitrogens with zero attached hydrogens (tertiary/aromatic N) is 3. The van der Waals surface area contributed by atoms with E-state index in [0.29, 0.717) is 33.3 Å². The zero-order chi connectivity index (χ0) is 28.9. The number of hydrogen-bond acceptors (Lipinski definition) is 7. The molecule has 0 saturated carbocycles. The monoisotopic (exact) mass is 590 g/mol. The maximum absolute atomic E-state index is 14.8. The highest BCUT2D eigenvalue weighted by Gasteiger charge is 2.36. The van der Waals surface area contributed by atoms with Crippen molar-refractivity contribution >= 4 is 56.4 Å². The maximum atomic E-state index is 14.8. The number of aromatic nitrogens is 1.